The zero-order valence-corrected chi connectivity index (χ0v) is 12.5. The van der Waals surface area contributed by atoms with Crippen LogP contribution in [-0.4, -0.2) is 12.3 Å². The SMILES string of the molecule is CCCCCCCCCCC[P]CCCC. The second-order valence-electron chi connectivity index (χ2n) is 4.85. The first kappa shape index (κ1) is 16.4. The van der Waals surface area contributed by atoms with E-state index >= 15 is 0 Å². The van der Waals surface area contributed by atoms with Gasteiger partial charge in [0.2, 0.25) is 0 Å². The molecule has 0 atom stereocenters. The van der Waals surface area contributed by atoms with Crippen LogP contribution in [0, 0.1) is 0 Å². The molecule has 0 aliphatic rings. The van der Waals surface area contributed by atoms with Gasteiger partial charge in [-0.05, 0) is 25.2 Å². The maximum absolute atomic E-state index is 2.29. The van der Waals surface area contributed by atoms with Crippen molar-refractivity contribution in [3.8, 4) is 0 Å². The second-order valence-corrected chi connectivity index (χ2v) is 6.19. The van der Waals surface area contributed by atoms with Gasteiger partial charge in [0.15, 0.2) is 0 Å². The molecular formula is C15H32P. The van der Waals surface area contributed by atoms with Crippen LogP contribution in [0.5, 0.6) is 0 Å². The lowest BCUT2D eigenvalue weighted by Crippen LogP contribution is -1.84. The molecule has 0 aromatic rings. The number of unbranched alkanes of at least 4 members (excludes halogenated alkanes) is 9. The lowest BCUT2D eigenvalue weighted by Gasteiger charge is -2.02. The van der Waals surface area contributed by atoms with Crippen LogP contribution in [0.15, 0.2) is 0 Å². The molecule has 16 heavy (non-hydrogen) atoms. The highest BCUT2D eigenvalue weighted by atomic mass is 31.1. The van der Waals surface area contributed by atoms with Crippen molar-refractivity contribution in [1.29, 1.82) is 0 Å². The van der Waals surface area contributed by atoms with Crippen molar-refractivity contribution in [3.63, 3.8) is 0 Å². The Kier molecular flexibility index (Phi) is 15.8. The summed E-state index contributed by atoms with van der Waals surface area (Å²) in [6.45, 7) is 4.58. The lowest BCUT2D eigenvalue weighted by atomic mass is 10.1. The monoisotopic (exact) mass is 243 g/mol. The molecular weight excluding hydrogens is 211 g/mol. The van der Waals surface area contributed by atoms with E-state index < -0.39 is 0 Å². The average Bonchev–Trinajstić information content (AvgIpc) is 2.31. The van der Waals surface area contributed by atoms with E-state index in [4.69, 9.17) is 0 Å². The summed E-state index contributed by atoms with van der Waals surface area (Å²) < 4.78 is 0. The van der Waals surface area contributed by atoms with E-state index in [1.54, 1.807) is 8.58 Å². The molecule has 0 aliphatic carbocycles. The molecule has 0 fully saturated rings. The molecule has 0 aromatic carbocycles. The summed E-state index contributed by atoms with van der Waals surface area (Å²) in [4.78, 5) is 0. The second kappa shape index (κ2) is 15.4. The van der Waals surface area contributed by atoms with Crippen LogP contribution in [0.1, 0.15) is 84.5 Å². The Labute approximate surface area is 106 Å². The molecule has 0 rings (SSSR count). The Bertz CT molecular complexity index is 98.0. The van der Waals surface area contributed by atoms with E-state index in [2.05, 4.69) is 13.8 Å². The minimum Gasteiger partial charge on any atom is -0.0810 e. The highest BCUT2D eigenvalue weighted by molar-refractivity contribution is 7.37. The van der Waals surface area contributed by atoms with E-state index in [1.165, 1.54) is 83.0 Å². The normalized spacial score (nSPS) is 11.6. The fourth-order valence-corrected chi connectivity index (χ4v) is 3.13. The zero-order chi connectivity index (χ0) is 11.9. The smallest absolute Gasteiger partial charge is 0.0287 e. The first-order valence-corrected chi connectivity index (χ1v) is 8.81. The molecule has 0 amide bonds. The highest BCUT2D eigenvalue weighted by Gasteiger charge is 1.93. The van der Waals surface area contributed by atoms with Crippen LogP contribution in [-0.2, 0) is 0 Å². The largest absolute Gasteiger partial charge is 0.0810 e. The molecule has 97 valence electrons. The van der Waals surface area contributed by atoms with Crippen molar-refractivity contribution in [3.05, 3.63) is 0 Å². The van der Waals surface area contributed by atoms with Gasteiger partial charge in [0.25, 0.3) is 0 Å². The van der Waals surface area contributed by atoms with Crippen molar-refractivity contribution in [2.45, 2.75) is 84.5 Å². The van der Waals surface area contributed by atoms with E-state index in [-0.39, 0.29) is 0 Å². The standard InChI is InChI=1S/C15H32P/c1-3-5-7-8-9-10-11-12-13-15-16-14-6-4-2/h3-15H2,1-2H3. The van der Waals surface area contributed by atoms with Crippen LogP contribution in [0.2, 0.25) is 0 Å². The molecule has 0 N–H and O–H groups in total. The molecule has 1 radical (unpaired) electrons. The van der Waals surface area contributed by atoms with Gasteiger partial charge in [-0.1, -0.05) is 80.2 Å². The van der Waals surface area contributed by atoms with Crippen molar-refractivity contribution in [2.75, 3.05) is 12.3 Å². The van der Waals surface area contributed by atoms with Gasteiger partial charge in [-0.25, -0.2) is 0 Å². The summed E-state index contributed by atoms with van der Waals surface area (Å²) in [5.41, 5.74) is 0. The molecule has 0 saturated heterocycles. The minimum atomic E-state index is 1.37. The molecule has 0 spiro atoms. The summed E-state index contributed by atoms with van der Waals surface area (Å²) in [7, 11) is 1.70. The first-order chi connectivity index (χ1) is 7.91. The highest BCUT2D eigenvalue weighted by Crippen LogP contribution is 2.16. The third kappa shape index (κ3) is 14.4. The predicted octanol–water partition coefficient (Wildman–Crippen LogP) is 6.26. The molecule has 0 unspecified atom stereocenters. The van der Waals surface area contributed by atoms with Gasteiger partial charge in [0, 0.05) is 0 Å². The van der Waals surface area contributed by atoms with Gasteiger partial charge in [-0.2, -0.15) is 0 Å². The van der Waals surface area contributed by atoms with Crippen LogP contribution in [0.4, 0.5) is 0 Å². The number of rotatable bonds is 13. The maximum atomic E-state index is 2.29. The Morgan fingerprint density at radius 1 is 0.500 bits per heavy atom. The summed E-state index contributed by atoms with van der Waals surface area (Å²) in [6.07, 6.45) is 18.8. The molecule has 1 heteroatoms. The quantitative estimate of drug-likeness (QED) is 0.264. The minimum absolute atomic E-state index is 1.37. The van der Waals surface area contributed by atoms with Gasteiger partial charge in [-0.15, -0.1) is 0 Å². The third-order valence-corrected chi connectivity index (χ3v) is 4.35. The molecule has 0 aromatic heterocycles. The van der Waals surface area contributed by atoms with Crippen LogP contribution in [0.25, 0.3) is 0 Å². The van der Waals surface area contributed by atoms with Crippen LogP contribution < -0.4 is 0 Å². The predicted molar refractivity (Wildman–Crippen MR) is 78.8 cm³/mol. The summed E-state index contributed by atoms with van der Waals surface area (Å²) >= 11 is 0. The van der Waals surface area contributed by atoms with Gasteiger partial charge in [0.1, 0.15) is 0 Å². The molecule has 0 aliphatic heterocycles. The van der Waals surface area contributed by atoms with Gasteiger partial charge >= 0.3 is 0 Å². The summed E-state index contributed by atoms with van der Waals surface area (Å²) in [5.74, 6) is 0. The number of hydrogen-bond acceptors (Lipinski definition) is 0. The van der Waals surface area contributed by atoms with Crippen LogP contribution in [0.3, 0.4) is 0 Å². The van der Waals surface area contributed by atoms with Crippen LogP contribution >= 0.6 is 8.58 Å². The van der Waals surface area contributed by atoms with Gasteiger partial charge < -0.3 is 0 Å². The Balaban J connectivity index is 2.83. The maximum Gasteiger partial charge on any atom is -0.0287 e. The van der Waals surface area contributed by atoms with Gasteiger partial charge in [0.05, 0.1) is 0 Å². The average molecular weight is 243 g/mol. The topological polar surface area (TPSA) is 0 Å². The van der Waals surface area contributed by atoms with Gasteiger partial charge in [-0.3, -0.25) is 0 Å². The lowest BCUT2D eigenvalue weighted by molar-refractivity contribution is 0.573. The van der Waals surface area contributed by atoms with E-state index in [9.17, 15) is 0 Å². The van der Waals surface area contributed by atoms with E-state index in [0.717, 1.165) is 0 Å². The van der Waals surface area contributed by atoms with E-state index in [1.807, 2.05) is 0 Å². The Morgan fingerprint density at radius 2 is 0.938 bits per heavy atom. The van der Waals surface area contributed by atoms with Crippen molar-refractivity contribution >= 4 is 8.58 Å². The third-order valence-electron chi connectivity index (χ3n) is 3.09. The van der Waals surface area contributed by atoms with Crippen molar-refractivity contribution in [2.24, 2.45) is 0 Å². The first-order valence-electron chi connectivity index (χ1n) is 7.55. The zero-order valence-electron chi connectivity index (χ0n) is 11.6. The van der Waals surface area contributed by atoms with Crippen molar-refractivity contribution in [1.82, 2.24) is 0 Å². The van der Waals surface area contributed by atoms with Crippen molar-refractivity contribution < 1.29 is 0 Å². The molecule has 0 bridgehead atoms. The molecule has 0 nitrogen and oxygen atoms in total. The number of hydrogen-bond donors (Lipinski definition) is 0. The fourth-order valence-electron chi connectivity index (χ4n) is 1.92. The molecule has 0 saturated carbocycles. The summed E-state index contributed by atoms with van der Waals surface area (Å²) in [6, 6.07) is 0. The summed E-state index contributed by atoms with van der Waals surface area (Å²) in [5, 5.41) is 0. The van der Waals surface area contributed by atoms with E-state index in [0.29, 0.717) is 0 Å². The fraction of sp³-hybridized carbons (Fsp3) is 1.00. The Morgan fingerprint density at radius 3 is 1.50 bits per heavy atom. The molecule has 0 heterocycles. The Hall–Kier alpha value is 0.430.